The number of nitrogens with zero attached hydrogens (tertiary/aromatic N) is 3. The molecule has 4 rings (SSSR count). The third kappa shape index (κ3) is 4.84. The van der Waals surface area contributed by atoms with Crippen LogP contribution in [0.2, 0.25) is 0 Å². The Morgan fingerprint density at radius 1 is 1.06 bits per heavy atom. The molecule has 168 valence electrons. The summed E-state index contributed by atoms with van der Waals surface area (Å²) in [6, 6.07) is 15.8. The SMILES string of the molecule is COc1ccc(Cc2nc3c(N)nc4ccccc4c3n2CCCCNS(C)(=O)=O)cc1. The number of fused-ring (bicyclic) bond motifs is 3. The number of hydrogen-bond acceptors (Lipinski definition) is 6. The van der Waals surface area contributed by atoms with Crippen molar-refractivity contribution < 1.29 is 13.2 Å². The molecular formula is C23H27N5O3S. The van der Waals surface area contributed by atoms with Crippen LogP contribution in [0.1, 0.15) is 24.2 Å². The molecule has 2 aromatic heterocycles. The first-order chi connectivity index (χ1) is 15.4. The summed E-state index contributed by atoms with van der Waals surface area (Å²) in [5.41, 5.74) is 9.88. The summed E-state index contributed by atoms with van der Waals surface area (Å²) >= 11 is 0. The van der Waals surface area contributed by atoms with E-state index < -0.39 is 10.0 Å². The van der Waals surface area contributed by atoms with Gasteiger partial charge in [0, 0.05) is 24.9 Å². The topological polar surface area (TPSA) is 112 Å². The number of aromatic nitrogens is 3. The average Bonchev–Trinajstić information content (AvgIpc) is 3.12. The zero-order valence-electron chi connectivity index (χ0n) is 18.2. The third-order valence-electron chi connectivity index (χ3n) is 5.38. The second-order valence-electron chi connectivity index (χ2n) is 7.79. The van der Waals surface area contributed by atoms with Crippen LogP contribution in [0.25, 0.3) is 21.9 Å². The molecule has 2 heterocycles. The highest BCUT2D eigenvalue weighted by Gasteiger charge is 2.17. The molecule has 0 saturated carbocycles. The summed E-state index contributed by atoms with van der Waals surface area (Å²) in [6.07, 6.45) is 3.31. The molecule has 0 bridgehead atoms. The monoisotopic (exact) mass is 453 g/mol. The summed E-state index contributed by atoms with van der Waals surface area (Å²) in [5, 5.41) is 0.999. The van der Waals surface area contributed by atoms with Gasteiger partial charge in [-0.2, -0.15) is 0 Å². The van der Waals surface area contributed by atoms with Crippen molar-refractivity contribution in [3.05, 3.63) is 59.9 Å². The van der Waals surface area contributed by atoms with Gasteiger partial charge in [-0.05, 0) is 36.6 Å². The van der Waals surface area contributed by atoms with Crippen LogP contribution in [-0.4, -0.2) is 42.9 Å². The van der Waals surface area contributed by atoms with Crippen LogP contribution in [0.5, 0.6) is 5.75 Å². The molecule has 4 aromatic rings. The lowest BCUT2D eigenvalue weighted by Gasteiger charge is -2.11. The molecule has 0 radical (unpaired) electrons. The van der Waals surface area contributed by atoms with E-state index >= 15 is 0 Å². The number of benzene rings is 2. The van der Waals surface area contributed by atoms with Gasteiger partial charge in [-0.1, -0.05) is 30.3 Å². The zero-order valence-corrected chi connectivity index (χ0v) is 19.0. The summed E-state index contributed by atoms with van der Waals surface area (Å²) in [5.74, 6) is 2.11. The number of anilines is 1. The summed E-state index contributed by atoms with van der Waals surface area (Å²) < 4.78 is 32.7. The number of methoxy groups -OCH3 is 1. The van der Waals surface area contributed by atoms with Gasteiger partial charge in [0.1, 0.15) is 17.1 Å². The first kappa shape index (κ1) is 22.0. The average molecular weight is 454 g/mol. The van der Waals surface area contributed by atoms with Crippen molar-refractivity contribution >= 4 is 37.8 Å². The number of aryl methyl sites for hydroxylation is 1. The lowest BCUT2D eigenvalue weighted by Crippen LogP contribution is -2.23. The number of unbranched alkanes of at least 4 members (excludes halogenated alkanes) is 1. The van der Waals surface area contributed by atoms with Gasteiger partial charge in [0.2, 0.25) is 10.0 Å². The van der Waals surface area contributed by atoms with Gasteiger partial charge in [-0.3, -0.25) is 0 Å². The molecule has 0 spiro atoms. The molecule has 0 aliphatic rings. The molecule has 32 heavy (non-hydrogen) atoms. The number of rotatable bonds is 9. The van der Waals surface area contributed by atoms with Gasteiger partial charge in [0.15, 0.2) is 5.82 Å². The molecule has 0 aliphatic heterocycles. The first-order valence-electron chi connectivity index (χ1n) is 10.5. The van der Waals surface area contributed by atoms with E-state index in [4.69, 9.17) is 15.5 Å². The van der Waals surface area contributed by atoms with E-state index in [1.807, 2.05) is 48.5 Å². The summed E-state index contributed by atoms with van der Waals surface area (Å²) in [7, 11) is -1.54. The van der Waals surface area contributed by atoms with Gasteiger partial charge in [0.05, 0.1) is 24.4 Å². The smallest absolute Gasteiger partial charge is 0.208 e. The van der Waals surface area contributed by atoms with E-state index in [0.717, 1.165) is 40.0 Å². The maximum absolute atomic E-state index is 11.3. The van der Waals surface area contributed by atoms with Crippen molar-refractivity contribution in [3.8, 4) is 5.75 Å². The Morgan fingerprint density at radius 2 is 1.81 bits per heavy atom. The number of sulfonamides is 1. The number of ether oxygens (including phenoxy) is 1. The Morgan fingerprint density at radius 3 is 2.53 bits per heavy atom. The molecule has 0 fully saturated rings. The molecule has 9 heteroatoms. The Labute approximate surface area is 187 Å². The fourth-order valence-corrected chi connectivity index (χ4v) is 4.37. The van der Waals surface area contributed by atoms with E-state index in [1.165, 1.54) is 6.26 Å². The van der Waals surface area contributed by atoms with Gasteiger partial charge >= 0.3 is 0 Å². The molecule has 0 unspecified atom stereocenters. The molecule has 0 saturated heterocycles. The maximum atomic E-state index is 11.3. The second kappa shape index (κ2) is 9.13. The lowest BCUT2D eigenvalue weighted by atomic mass is 10.1. The van der Waals surface area contributed by atoms with Gasteiger partial charge in [-0.25, -0.2) is 23.1 Å². The molecule has 3 N–H and O–H groups in total. The normalized spacial score (nSPS) is 11.9. The fraction of sp³-hybridized carbons (Fsp3) is 0.304. The highest BCUT2D eigenvalue weighted by molar-refractivity contribution is 7.88. The fourth-order valence-electron chi connectivity index (χ4n) is 3.86. The van der Waals surface area contributed by atoms with Crippen molar-refractivity contribution in [2.24, 2.45) is 0 Å². The van der Waals surface area contributed by atoms with Gasteiger partial charge in [-0.15, -0.1) is 0 Å². The number of nitrogen functional groups attached to an aromatic ring is 1. The van der Waals surface area contributed by atoms with Crippen LogP contribution >= 0.6 is 0 Å². The van der Waals surface area contributed by atoms with E-state index in [0.29, 0.717) is 37.3 Å². The first-order valence-corrected chi connectivity index (χ1v) is 12.4. The third-order valence-corrected chi connectivity index (χ3v) is 6.11. The quantitative estimate of drug-likeness (QED) is 0.377. The number of pyridine rings is 1. The molecule has 0 atom stereocenters. The molecule has 2 aromatic carbocycles. The number of para-hydroxylation sites is 1. The van der Waals surface area contributed by atoms with Crippen LogP contribution in [-0.2, 0) is 23.0 Å². The minimum atomic E-state index is -3.19. The van der Waals surface area contributed by atoms with Crippen molar-refractivity contribution in [2.45, 2.75) is 25.8 Å². The van der Waals surface area contributed by atoms with E-state index in [-0.39, 0.29) is 0 Å². The highest BCUT2D eigenvalue weighted by Crippen LogP contribution is 2.30. The number of imidazole rings is 1. The highest BCUT2D eigenvalue weighted by atomic mass is 32.2. The standard InChI is InChI=1S/C23H27N5O3S/c1-31-17-11-9-16(10-12-17)15-20-27-21-22(18-7-3-4-8-19(18)26-23(21)24)28(20)14-6-5-13-25-32(2,29)30/h3-4,7-12,25H,5-6,13-15H2,1-2H3,(H2,24,26). The van der Waals surface area contributed by atoms with E-state index in [2.05, 4.69) is 14.3 Å². The Kier molecular flexibility index (Phi) is 6.29. The Bertz CT molecular complexity index is 1350. The largest absolute Gasteiger partial charge is 0.497 e. The van der Waals surface area contributed by atoms with Crippen molar-refractivity contribution in [2.75, 3.05) is 25.6 Å². The van der Waals surface area contributed by atoms with Crippen LogP contribution in [0.15, 0.2) is 48.5 Å². The Hall–Kier alpha value is -3.17. The van der Waals surface area contributed by atoms with Crippen molar-refractivity contribution in [1.29, 1.82) is 0 Å². The lowest BCUT2D eigenvalue weighted by molar-refractivity contribution is 0.414. The zero-order chi connectivity index (χ0) is 22.7. The van der Waals surface area contributed by atoms with Crippen molar-refractivity contribution in [1.82, 2.24) is 19.3 Å². The summed E-state index contributed by atoms with van der Waals surface area (Å²) in [6.45, 7) is 1.10. The number of nitrogens with one attached hydrogen (secondary N) is 1. The van der Waals surface area contributed by atoms with Crippen molar-refractivity contribution in [3.63, 3.8) is 0 Å². The predicted octanol–water partition coefficient (Wildman–Crippen LogP) is 3.10. The van der Waals surface area contributed by atoms with E-state index in [9.17, 15) is 8.42 Å². The Balaban J connectivity index is 1.71. The molecular weight excluding hydrogens is 426 g/mol. The number of nitrogens with two attached hydrogens (primary N) is 1. The van der Waals surface area contributed by atoms with Gasteiger partial charge in [0.25, 0.3) is 0 Å². The predicted molar refractivity (Wildman–Crippen MR) is 127 cm³/mol. The molecule has 0 amide bonds. The second-order valence-corrected chi connectivity index (χ2v) is 9.62. The van der Waals surface area contributed by atoms with Crippen LogP contribution < -0.4 is 15.2 Å². The van der Waals surface area contributed by atoms with Crippen LogP contribution in [0, 0.1) is 0 Å². The summed E-state index contributed by atoms with van der Waals surface area (Å²) in [4.78, 5) is 9.40. The minimum absolute atomic E-state index is 0.406. The minimum Gasteiger partial charge on any atom is -0.497 e. The molecule has 8 nitrogen and oxygen atoms in total. The maximum Gasteiger partial charge on any atom is 0.208 e. The van der Waals surface area contributed by atoms with Crippen LogP contribution in [0.3, 0.4) is 0 Å². The number of hydrogen-bond donors (Lipinski definition) is 2. The van der Waals surface area contributed by atoms with Crippen LogP contribution in [0.4, 0.5) is 5.82 Å². The molecule has 0 aliphatic carbocycles. The van der Waals surface area contributed by atoms with Gasteiger partial charge < -0.3 is 15.0 Å². The van der Waals surface area contributed by atoms with E-state index in [1.54, 1.807) is 7.11 Å².